The second-order valence-corrected chi connectivity index (χ2v) is 8.30. The van der Waals surface area contributed by atoms with E-state index >= 15 is 0 Å². The third-order valence-corrected chi connectivity index (χ3v) is 6.35. The first-order valence-electron chi connectivity index (χ1n) is 9.88. The maximum absolute atomic E-state index is 12.5. The van der Waals surface area contributed by atoms with Gasteiger partial charge in [0.15, 0.2) is 0 Å². The summed E-state index contributed by atoms with van der Waals surface area (Å²) >= 11 is 11.9. The Morgan fingerprint density at radius 2 is 1.96 bits per heavy atom. The van der Waals surface area contributed by atoms with E-state index in [-0.39, 0.29) is 11.8 Å². The molecule has 3 rings (SSSR count). The van der Waals surface area contributed by atoms with Crippen molar-refractivity contribution in [1.29, 1.82) is 0 Å². The highest BCUT2D eigenvalue weighted by Crippen LogP contribution is 2.23. The zero-order valence-electron chi connectivity index (χ0n) is 16.2. The molecule has 0 N–H and O–H groups in total. The van der Waals surface area contributed by atoms with Crippen LogP contribution in [0.3, 0.4) is 0 Å². The molecule has 0 aliphatic carbocycles. The van der Waals surface area contributed by atoms with E-state index in [9.17, 15) is 9.59 Å². The average molecular weight is 424 g/mol. The van der Waals surface area contributed by atoms with Crippen LogP contribution in [-0.4, -0.2) is 71.8 Å². The Morgan fingerprint density at radius 1 is 1.14 bits per heavy atom. The van der Waals surface area contributed by atoms with Crippen LogP contribution < -0.4 is 0 Å². The molecular formula is C21H27Cl2N3O2. The van der Waals surface area contributed by atoms with Gasteiger partial charge in [0.1, 0.15) is 0 Å². The molecular weight excluding hydrogens is 397 g/mol. The fraction of sp³-hybridized carbons (Fsp3) is 0.524. The molecule has 1 aromatic carbocycles. The smallest absolute Gasteiger partial charge is 0.246 e. The second-order valence-electron chi connectivity index (χ2n) is 7.49. The van der Waals surface area contributed by atoms with Crippen molar-refractivity contribution in [2.45, 2.75) is 32.2 Å². The monoisotopic (exact) mass is 423 g/mol. The van der Waals surface area contributed by atoms with Crippen LogP contribution in [-0.2, 0) is 9.59 Å². The number of hydrogen-bond donors (Lipinski definition) is 0. The summed E-state index contributed by atoms with van der Waals surface area (Å²) in [5.74, 6) is 0.0458. The van der Waals surface area contributed by atoms with E-state index in [2.05, 4.69) is 11.8 Å². The van der Waals surface area contributed by atoms with Crippen molar-refractivity contribution in [3.05, 3.63) is 39.9 Å². The summed E-state index contributed by atoms with van der Waals surface area (Å²) in [6.45, 7) is 6.63. The number of halogens is 2. The van der Waals surface area contributed by atoms with Gasteiger partial charge in [0, 0.05) is 51.3 Å². The standard InChI is InChI=1S/C21H27Cl2N3O2/c1-16-3-2-9-24(16)11-12-26-14-13-25(10-8-21(26)28)20(27)7-5-17-4-6-18(22)19(23)15-17/h4-7,15-16H,2-3,8-14H2,1H3. The lowest BCUT2D eigenvalue weighted by atomic mass is 10.2. The highest BCUT2D eigenvalue weighted by atomic mass is 35.5. The number of rotatable bonds is 5. The van der Waals surface area contributed by atoms with Crippen molar-refractivity contribution in [3.8, 4) is 0 Å². The van der Waals surface area contributed by atoms with Crippen molar-refractivity contribution in [2.24, 2.45) is 0 Å². The van der Waals surface area contributed by atoms with E-state index in [1.807, 2.05) is 11.0 Å². The average Bonchev–Trinajstić information content (AvgIpc) is 2.99. The predicted octanol–water partition coefficient (Wildman–Crippen LogP) is 3.55. The molecule has 2 aliphatic heterocycles. The lowest BCUT2D eigenvalue weighted by Crippen LogP contribution is -2.41. The minimum atomic E-state index is -0.0890. The Kier molecular flexibility index (Phi) is 7.38. The molecule has 2 heterocycles. The summed E-state index contributed by atoms with van der Waals surface area (Å²) in [6.07, 6.45) is 6.11. The summed E-state index contributed by atoms with van der Waals surface area (Å²) in [5.41, 5.74) is 0.815. The number of likely N-dealkylation sites (tertiary alicyclic amines) is 1. The number of nitrogens with zero attached hydrogens (tertiary/aromatic N) is 3. The van der Waals surface area contributed by atoms with Crippen molar-refractivity contribution in [1.82, 2.24) is 14.7 Å². The molecule has 0 spiro atoms. The molecule has 7 heteroatoms. The van der Waals surface area contributed by atoms with Crippen LogP contribution in [0.25, 0.3) is 6.08 Å². The molecule has 2 amide bonds. The second kappa shape index (κ2) is 9.77. The lowest BCUT2D eigenvalue weighted by Gasteiger charge is -2.26. The SMILES string of the molecule is CC1CCCN1CCN1CCN(C(=O)C=Cc2ccc(Cl)c(Cl)c2)CCC1=O. The molecule has 0 radical (unpaired) electrons. The van der Waals surface area contributed by atoms with Gasteiger partial charge in [0.2, 0.25) is 11.8 Å². The Bertz CT molecular complexity index is 753. The molecule has 2 aliphatic rings. The van der Waals surface area contributed by atoms with Crippen LogP contribution in [0.4, 0.5) is 0 Å². The zero-order valence-corrected chi connectivity index (χ0v) is 17.8. The fourth-order valence-corrected chi connectivity index (χ4v) is 4.09. The number of benzene rings is 1. The molecule has 0 aromatic heterocycles. The number of hydrogen-bond acceptors (Lipinski definition) is 3. The maximum atomic E-state index is 12.5. The molecule has 0 bridgehead atoms. The van der Waals surface area contributed by atoms with Gasteiger partial charge in [0.25, 0.3) is 0 Å². The molecule has 0 saturated carbocycles. The van der Waals surface area contributed by atoms with E-state index < -0.39 is 0 Å². The van der Waals surface area contributed by atoms with Gasteiger partial charge >= 0.3 is 0 Å². The molecule has 1 unspecified atom stereocenters. The van der Waals surface area contributed by atoms with E-state index in [4.69, 9.17) is 23.2 Å². The van der Waals surface area contributed by atoms with Gasteiger partial charge in [-0.25, -0.2) is 0 Å². The van der Waals surface area contributed by atoms with E-state index in [0.717, 1.165) is 25.2 Å². The lowest BCUT2D eigenvalue weighted by molar-refractivity contribution is -0.130. The van der Waals surface area contributed by atoms with Crippen LogP contribution in [0.5, 0.6) is 0 Å². The summed E-state index contributed by atoms with van der Waals surface area (Å²) in [6, 6.07) is 5.84. The summed E-state index contributed by atoms with van der Waals surface area (Å²) in [5, 5.41) is 0.944. The number of amides is 2. The van der Waals surface area contributed by atoms with Crippen molar-refractivity contribution in [3.63, 3.8) is 0 Å². The minimum absolute atomic E-state index is 0.0890. The minimum Gasteiger partial charge on any atom is -0.340 e. The van der Waals surface area contributed by atoms with Crippen LogP contribution in [0, 0.1) is 0 Å². The van der Waals surface area contributed by atoms with Gasteiger partial charge in [-0.1, -0.05) is 29.3 Å². The van der Waals surface area contributed by atoms with Gasteiger partial charge in [0.05, 0.1) is 10.0 Å². The van der Waals surface area contributed by atoms with E-state index in [1.54, 1.807) is 23.1 Å². The third-order valence-electron chi connectivity index (χ3n) is 5.61. The Labute approximate surface area is 176 Å². The number of carbonyl (C=O) groups is 2. The third kappa shape index (κ3) is 5.49. The first-order valence-corrected chi connectivity index (χ1v) is 10.6. The Hall–Kier alpha value is -1.56. The quantitative estimate of drug-likeness (QED) is 0.680. The Balaban J connectivity index is 1.52. The highest BCUT2D eigenvalue weighted by Gasteiger charge is 2.25. The molecule has 5 nitrogen and oxygen atoms in total. The highest BCUT2D eigenvalue weighted by molar-refractivity contribution is 6.42. The van der Waals surface area contributed by atoms with Crippen LogP contribution in [0.1, 0.15) is 31.7 Å². The van der Waals surface area contributed by atoms with E-state index in [0.29, 0.717) is 42.1 Å². The van der Waals surface area contributed by atoms with Crippen molar-refractivity contribution < 1.29 is 9.59 Å². The molecule has 1 atom stereocenters. The van der Waals surface area contributed by atoms with Crippen molar-refractivity contribution in [2.75, 3.05) is 39.3 Å². The normalized spacial score (nSPS) is 21.5. The molecule has 28 heavy (non-hydrogen) atoms. The maximum Gasteiger partial charge on any atom is 0.246 e. The van der Waals surface area contributed by atoms with Gasteiger partial charge in [-0.15, -0.1) is 0 Å². The van der Waals surface area contributed by atoms with Gasteiger partial charge in [-0.3, -0.25) is 14.5 Å². The zero-order chi connectivity index (χ0) is 20.1. The van der Waals surface area contributed by atoms with Crippen LogP contribution in [0.2, 0.25) is 10.0 Å². The fourth-order valence-electron chi connectivity index (χ4n) is 3.79. The van der Waals surface area contributed by atoms with Crippen LogP contribution >= 0.6 is 23.2 Å². The van der Waals surface area contributed by atoms with Gasteiger partial charge in [-0.05, 0) is 50.1 Å². The topological polar surface area (TPSA) is 43.9 Å². The molecule has 2 saturated heterocycles. The van der Waals surface area contributed by atoms with Crippen molar-refractivity contribution >= 4 is 41.1 Å². The largest absolute Gasteiger partial charge is 0.340 e. The van der Waals surface area contributed by atoms with E-state index in [1.165, 1.54) is 18.9 Å². The first kappa shape index (κ1) is 21.2. The van der Waals surface area contributed by atoms with Crippen LogP contribution in [0.15, 0.2) is 24.3 Å². The summed E-state index contributed by atoms with van der Waals surface area (Å²) in [7, 11) is 0. The predicted molar refractivity (Wildman–Crippen MR) is 114 cm³/mol. The molecule has 152 valence electrons. The first-order chi connectivity index (χ1) is 13.4. The Morgan fingerprint density at radius 3 is 2.68 bits per heavy atom. The van der Waals surface area contributed by atoms with Gasteiger partial charge < -0.3 is 9.80 Å². The van der Waals surface area contributed by atoms with Gasteiger partial charge in [-0.2, -0.15) is 0 Å². The summed E-state index contributed by atoms with van der Waals surface area (Å²) in [4.78, 5) is 31.1. The molecule has 1 aromatic rings. The summed E-state index contributed by atoms with van der Waals surface area (Å²) < 4.78 is 0. The molecule has 2 fully saturated rings. The number of carbonyl (C=O) groups excluding carboxylic acids is 2.